The van der Waals surface area contributed by atoms with Gasteiger partial charge in [0.1, 0.15) is 5.71 Å². The molecule has 0 radical (unpaired) electrons. The van der Waals surface area contributed by atoms with E-state index in [0.29, 0.717) is 27.8 Å². The monoisotopic (exact) mass is 358 g/mol. The van der Waals surface area contributed by atoms with Crippen LogP contribution >= 0.6 is 11.6 Å². The van der Waals surface area contributed by atoms with E-state index in [9.17, 15) is 0 Å². The first-order valence-electron chi connectivity index (χ1n) is 8.27. The summed E-state index contributed by atoms with van der Waals surface area (Å²) in [5, 5.41) is 0.560. The maximum atomic E-state index is 15.5. The van der Waals surface area contributed by atoms with Crippen molar-refractivity contribution in [1.82, 2.24) is 4.48 Å². The first kappa shape index (κ1) is 16.3. The Morgan fingerprint density at radius 2 is 1.76 bits per heavy atom. The molecule has 1 aromatic heterocycles. The topological polar surface area (TPSA) is 7.94 Å². The number of benzene rings is 1. The molecular formula is C19H18BClF2N2. The molecule has 2 aliphatic rings. The SMILES string of the molecule is CC1=CC(C)=[N+]2C1=C(c1ccccc1Cl)c1c(C)cc(C)n1[B-]2(F)F. The van der Waals surface area contributed by atoms with Gasteiger partial charge in [-0.05, 0) is 44.2 Å². The van der Waals surface area contributed by atoms with E-state index >= 15 is 8.63 Å². The molecule has 0 amide bonds. The molecule has 0 aliphatic carbocycles. The second-order valence-corrected chi connectivity index (χ2v) is 7.23. The number of fused-ring (bicyclic) bond motifs is 2. The molecule has 0 N–H and O–H groups in total. The molecule has 2 aliphatic heterocycles. The van der Waals surface area contributed by atoms with Crippen LogP contribution in [0.2, 0.25) is 5.02 Å². The number of nitrogens with zero attached hydrogens (tertiary/aromatic N) is 2. The van der Waals surface area contributed by atoms with Crippen molar-refractivity contribution in [3.05, 3.63) is 75.2 Å². The van der Waals surface area contributed by atoms with Crippen molar-refractivity contribution < 1.29 is 13.1 Å². The lowest BCUT2D eigenvalue weighted by Crippen LogP contribution is -2.51. The van der Waals surface area contributed by atoms with Crippen LogP contribution in [0.3, 0.4) is 0 Å². The zero-order chi connectivity index (χ0) is 18.1. The predicted octanol–water partition coefficient (Wildman–Crippen LogP) is 5.19. The average Bonchev–Trinajstić information content (AvgIpc) is 2.99. The summed E-state index contributed by atoms with van der Waals surface area (Å²) in [6.45, 7) is 3.27. The van der Waals surface area contributed by atoms with E-state index in [2.05, 4.69) is 0 Å². The van der Waals surface area contributed by atoms with E-state index < -0.39 is 6.97 Å². The minimum Gasteiger partial charge on any atom is -0.393 e. The van der Waals surface area contributed by atoms with Gasteiger partial charge in [0.05, 0.1) is 5.57 Å². The van der Waals surface area contributed by atoms with Crippen molar-refractivity contribution in [2.75, 3.05) is 0 Å². The van der Waals surface area contributed by atoms with Crippen LogP contribution in [-0.2, 0) is 0 Å². The zero-order valence-electron chi connectivity index (χ0n) is 14.6. The van der Waals surface area contributed by atoms with Crippen molar-refractivity contribution in [3.8, 4) is 0 Å². The number of hydrogen-bond donors (Lipinski definition) is 0. The largest absolute Gasteiger partial charge is 0.737 e. The van der Waals surface area contributed by atoms with Gasteiger partial charge in [-0.25, -0.2) is 0 Å². The van der Waals surface area contributed by atoms with Crippen molar-refractivity contribution in [2.45, 2.75) is 27.7 Å². The van der Waals surface area contributed by atoms with E-state index in [1.807, 2.05) is 44.2 Å². The maximum Gasteiger partial charge on any atom is 0.737 e. The van der Waals surface area contributed by atoms with Crippen LogP contribution in [0.15, 0.2) is 47.7 Å². The van der Waals surface area contributed by atoms with Gasteiger partial charge >= 0.3 is 6.97 Å². The standard InChI is InChI=1S/C19H18BClF2N2/c1-11-9-13(3)24-18(11)17(15-7-5-6-8-16(15)21)19-12(2)10-14(4)25(19)20(24,22)23/h5-10H,1-4H3. The van der Waals surface area contributed by atoms with Crippen LogP contribution in [0.5, 0.6) is 0 Å². The molecule has 0 spiro atoms. The normalized spacial score (nSPS) is 18.4. The van der Waals surface area contributed by atoms with Crippen LogP contribution < -0.4 is 0 Å². The summed E-state index contributed by atoms with van der Waals surface area (Å²) in [4.78, 5) is 0. The zero-order valence-corrected chi connectivity index (χ0v) is 15.3. The molecule has 0 atom stereocenters. The molecule has 0 fully saturated rings. The predicted molar refractivity (Wildman–Crippen MR) is 99.4 cm³/mol. The number of rotatable bonds is 1. The summed E-state index contributed by atoms with van der Waals surface area (Å²) in [5.41, 5.74) is 5.44. The number of hydrogen-bond acceptors (Lipinski definition) is 0. The lowest BCUT2D eigenvalue weighted by Gasteiger charge is -2.34. The molecule has 4 rings (SSSR count). The lowest BCUT2D eigenvalue weighted by molar-refractivity contribution is -0.363. The summed E-state index contributed by atoms with van der Waals surface area (Å²) in [6.07, 6.45) is 1.82. The first-order valence-corrected chi connectivity index (χ1v) is 8.65. The van der Waals surface area contributed by atoms with E-state index in [1.54, 1.807) is 19.9 Å². The quantitative estimate of drug-likeness (QED) is 0.620. The minimum absolute atomic E-state index is 0.554. The Hall–Kier alpha value is -2.14. The maximum absolute atomic E-state index is 15.5. The number of allylic oxidation sites excluding steroid dienone is 2. The molecule has 6 heteroatoms. The van der Waals surface area contributed by atoms with Gasteiger partial charge in [0, 0.05) is 34.9 Å². The Balaban J connectivity index is 2.22. The summed E-state index contributed by atoms with van der Waals surface area (Å²) < 4.78 is 33.3. The smallest absolute Gasteiger partial charge is 0.393 e. The van der Waals surface area contributed by atoms with Crippen LogP contribution in [0.1, 0.15) is 36.4 Å². The highest BCUT2D eigenvalue weighted by Gasteiger charge is 2.55. The fourth-order valence-electron chi connectivity index (χ4n) is 4.22. The number of aromatic nitrogens is 1. The third-order valence-electron chi connectivity index (χ3n) is 5.08. The first-order chi connectivity index (χ1) is 11.7. The summed E-state index contributed by atoms with van der Waals surface area (Å²) >= 11 is 6.46. The van der Waals surface area contributed by atoms with Gasteiger partial charge in [0.2, 0.25) is 0 Å². The van der Waals surface area contributed by atoms with E-state index in [0.717, 1.165) is 22.3 Å². The van der Waals surface area contributed by atoms with E-state index in [-0.39, 0.29) is 0 Å². The van der Waals surface area contributed by atoms with Crippen LogP contribution in [-0.4, -0.2) is 21.6 Å². The fraction of sp³-hybridized carbons (Fsp3) is 0.211. The third kappa shape index (κ3) is 2.05. The Labute approximate surface area is 150 Å². The molecule has 2 nitrogen and oxygen atoms in total. The van der Waals surface area contributed by atoms with Gasteiger partial charge in [0.25, 0.3) is 0 Å². The average molecular weight is 359 g/mol. The van der Waals surface area contributed by atoms with Gasteiger partial charge < -0.3 is 17.6 Å². The molecular weight excluding hydrogens is 340 g/mol. The highest BCUT2D eigenvalue weighted by atomic mass is 35.5. The molecule has 3 heterocycles. The third-order valence-corrected chi connectivity index (χ3v) is 5.41. The van der Waals surface area contributed by atoms with Crippen molar-refractivity contribution in [2.24, 2.45) is 0 Å². The van der Waals surface area contributed by atoms with Crippen LogP contribution in [0.4, 0.5) is 8.63 Å². The minimum atomic E-state index is -3.94. The Kier molecular flexibility index (Phi) is 3.39. The number of aryl methyl sites for hydroxylation is 2. The van der Waals surface area contributed by atoms with Gasteiger partial charge in [-0.15, -0.1) is 0 Å². The molecule has 0 bridgehead atoms. The van der Waals surface area contributed by atoms with Crippen molar-refractivity contribution in [1.29, 1.82) is 0 Å². The lowest BCUT2D eigenvalue weighted by atomic mass is 9.84. The molecule has 128 valence electrons. The van der Waals surface area contributed by atoms with Gasteiger partial charge in [-0.1, -0.05) is 29.8 Å². The van der Waals surface area contributed by atoms with Gasteiger partial charge in [0.15, 0.2) is 5.70 Å². The second-order valence-electron chi connectivity index (χ2n) is 6.82. The molecule has 0 unspecified atom stereocenters. The highest BCUT2D eigenvalue weighted by Crippen LogP contribution is 2.45. The molecule has 25 heavy (non-hydrogen) atoms. The summed E-state index contributed by atoms with van der Waals surface area (Å²) in [5.74, 6) is 0. The Morgan fingerprint density at radius 1 is 1.08 bits per heavy atom. The van der Waals surface area contributed by atoms with Gasteiger partial charge in [-0.2, -0.15) is 0 Å². The Morgan fingerprint density at radius 3 is 2.44 bits per heavy atom. The second kappa shape index (κ2) is 5.18. The number of halogens is 3. The molecule has 1 aromatic carbocycles. The van der Waals surface area contributed by atoms with Crippen molar-refractivity contribution >= 4 is 29.9 Å². The summed E-state index contributed by atoms with van der Waals surface area (Å²) in [7, 11) is 0. The van der Waals surface area contributed by atoms with E-state index in [4.69, 9.17) is 11.6 Å². The Bertz CT molecular complexity index is 1030. The molecule has 2 aromatic rings. The van der Waals surface area contributed by atoms with Gasteiger partial charge in [-0.3, -0.25) is 0 Å². The highest BCUT2D eigenvalue weighted by molar-refractivity contribution is 6.58. The van der Waals surface area contributed by atoms with Crippen LogP contribution in [0.25, 0.3) is 5.57 Å². The fourth-order valence-corrected chi connectivity index (χ4v) is 4.45. The molecule has 0 saturated carbocycles. The van der Waals surface area contributed by atoms with E-state index in [1.165, 1.54) is 8.96 Å². The van der Waals surface area contributed by atoms with Crippen LogP contribution in [0, 0.1) is 13.8 Å². The summed E-state index contributed by atoms with van der Waals surface area (Å²) in [6, 6.07) is 9.25. The van der Waals surface area contributed by atoms with Crippen molar-refractivity contribution in [3.63, 3.8) is 0 Å². The molecule has 0 saturated heterocycles.